The van der Waals surface area contributed by atoms with E-state index in [1.807, 2.05) is 36.1 Å². The van der Waals surface area contributed by atoms with Gasteiger partial charge in [-0.1, -0.05) is 30.4 Å². The third-order valence-electron chi connectivity index (χ3n) is 3.45. The van der Waals surface area contributed by atoms with Gasteiger partial charge in [0.2, 0.25) is 5.91 Å². The van der Waals surface area contributed by atoms with Crippen LogP contribution in [0.5, 0.6) is 0 Å². The zero-order valence-electron chi connectivity index (χ0n) is 13.2. The van der Waals surface area contributed by atoms with Gasteiger partial charge in [-0.05, 0) is 32.0 Å². The zero-order chi connectivity index (χ0) is 15.9. The Balaban J connectivity index is 2.13. The van der Waals surface area contributed by atoms with Gasteiger partial charge in [0.15, 0.2) is 5.13 Å². The number of carbonyl (C=O) groups excluding carboxylic acids is 1. The Bertz CT molecular complexity index is 575. The molecule has 2 rings (SSSR count). The molecule has 0 fully saturated rings. The topological polar surface area (TPSA) is 56.7 Å². The standard InChI is InChI=1S/C16H23N3O2S/c1-3-9-18(10-11-20)12-15(21)19(4-2)16-17-13-7-5-6-8-14(13)22-16/h5-8,20H,3-4,9-12H2,1-2H3. The van der Waals surface area contributed by atoms with Crippen LogP contribution in [0.3, 0.4) is 0 Å². The van der Waals surface area contributed by atoms with Crippen LogP contribution in [0.1, 0.15) is 20.3 Å². The van der Waals surface area contributed by atoms with Gasteiger partial charge in [0, 0.05) is 13.1 Å². The first-order valence-electron chi connectivity index (χ1n) is 7.68. The highest BCUT2D eigenvalue weighted by molar-refractivity contribution is 7.22. The van der Waals surface area contributed by atoms with Gasteiger partial charge >= 0.3 is 0 Å². The molecular weight excluding hydrogens is 298 g/mol. The summed E-state index contributed by atoms with van der Waals surface area (Å²) in [6, 6.07) is 7.91. The fourth-order valence-electron chi connectivity index (χ4n) is 2.40. The van der Waals surface area contributed by atoms with Gasteiger partial charge in [-0.3, -0.25) is 14.6 Å². The fraction of sp³-hybridized carbons (Fsp3) is 0.500. The predicted molar refractivity (Wildman–Crippen MR) is 91.5 cm³/mol. The van der Waals surface area contributed by atoms with Gasteiger partial charge < -0.3 is 5.11 Å². The summed E-state index contributed by atoms with van der Waals surface area (Å²) in [6.07, 6.45) is 0.959. The maximum absolute atomic E-state index is 12.6. The largest absolute Gasteiger partial charge is 0.395 e. The molecule has 2 aromatic rings. The molecule has 0 unspecified atom stereocenters. The molecule has 1 aromatic heterocycles. The maximum Gasteiger partial charge on any atom is 0.242 e. The molecule has 120 valence electrons. The molecule has 5 nitrogen and oxygen atoms in total. The second kappa shape index (κ2) is 8.22. The molecule has 0 atom stereocenters. The molecule has 0 spiro atoms. The van der Waals surface area contributed by atoms with Crippen molar-refractivity contribution in [3.63, 3.8) is 0 Å². The Morgan fingerprint density at radius 2 is 2.05 bits per heavy atom. The van der Waals surface area contributed by atoms with Crippen molar-refractivity contribution in [1.29, 1.82) is 0 Å². The fourth-order valence-corrected chi connectivity index (χ4v) is 3.44. The number of hydrogen-bond donors (Lipinski definition) is 1. The van der Waals surface area contributed by atoms with E-state index >= 15 is 0 Å². The van der Waals surface area contributed by atoms with Gasteiger partial charge in [0.1, 0.15) is 0 Å². The summed E-state index contributed by atoms with van der Waals surface area (Å²) in [5, 5.41) is 9.85. The van der Waals surface area contributed by atoms with Crippen LogP contribution in [-0.2, 0) is 4.79 Å². The number of thiazole rings is 1. The van der Waals surface area contributed by atoms with Crippen LogP contribution in [0.25, 0.3) is 10.2 Å². The van der Waals surface area contributed by atoms with Crippen LogP contribution in [0.2, 0.25) is 0 Å². The van der Waals surface area contributed by atoms with Crippen molar-refractivity contribution in [3.05, 3.63) is 24.3 Å². The first-order chi connectivity index (χ1) is 10.7. The summed E-state index contributed by atoms with van der Waals surface area (Å²) in [5.41, 5.74) is 0.925. The number of hydrogen-bond acceptors (Lipinski definition) is 5. The summed E-state index contributed by atoms with van der Waals surface area (Å²) < 4.78 is 1.09. The molecule has 0 bridgehead atoms. The number of aliphatic hydroxyl groups excluding tert-OH is 1. The smallest absolute Gasteiger partial charge is 0.242 e. The number of amides is 1. The van der Waals surface area contributed by atoms with Gasteiger partial charge in [0.05, 0.1) is 23.4 Å². The molecule has 0 aliphatic heterocycles. The Morgan fingerprint density at radius 3 is 2.68 bits per heavy atom. The van der Waals surface area contributed by atoms with Gasteiger partial charge in [-0.2, -0.15) is 0 Å². The van der Waals surface area contributed by atoms with E-state index in [1.54, 1.807) is 4.90 Å². The molecule has 0 saturated heterocycles. The molecule has 0 aliphatic rings. The average molecular weight is 321 g/mol. The lowest BCUT2D eigenvalue weighted by molar-refractivity contribution is -0.119. The third-order valence-corrected chi connectivity index (χ3v) is 4.51. The first kappa shape index (κ1) is 16.9. The Labute approximate surface area is 135 Å². The van der Waals surface area contributed by atoms with Crippen LogP contribution in [0, 0.1) is 0 Å². The minimum Gasteiger partial charge on any atom is -0.395 e. The lowest BCUT2D eigenvalue weighted by Crippen LogP contribution is -2.41. The molecule has 6 heteroatoms. The van der Waals surface area contributed by atoms with Gasteiger partial charge in [-0.25, -0.2) is 4.98 Å². The van der Waals surface area contributed by atoms with Crippen molar-refractivity contribution in [2.75, 3.05) is 37.7 Å². The van der Waals surface area contributed by atoms with Gasteiger partial charge in [0.25, 0.3) is 0 Å². The highest BCUT2D eigenvalue weighted by Gasteiger charge is 2.20. The number of carbonyl (C=O) groups is 1. The number of rotatable bonds is 8. The lowest BCUT2D eigenvalue weighted by atomic mass is 10.3. The van der Waals surface area contributed by atoms with Gasteiger partial charge in [-0.15, -0.1) is 0 Å². The highest BCUT2D eigenvalue weighted by Crippen LogP contribution is 2.28. The first-order valence-corrected chi connectivity index (χ1v) is 8.50. The van der Waals surface area contributed by atoms with Crippen LogP contribution >= 0.6 is 11.3 Å². The molecule has 0 aliphatic carbocycles. The summed E-state index contributed by atoms with van der Waals surface area (Å²) >= 11 is 1.54. The quantitative estimate of drug-likeness (QED) is 0.811. The monoisotopic (exact) mass is 321 g/mol. The van der Waals surface area contributed by atoms with E-state index in [2.05, 4.69) is 11.9 Å². The number of para-hydroxylation sites is 1. The molecule has 22 heavy (non-hydrogen) atoms. The number of fused-ring (bicyclic) bond motifs is 1. The highest BCUT2D eigenvalue weighted by atomic mass is 32.1. The van der Waals surface area contributed by atoms with E-state index in [1.165, 1.54) is 11.3 Å². The van der Waals surface area contributed by atoms with Crippen molar-refractivity contribution in [2.24, 2.45) is 0 Å². The molecule has 1 amide bonds. The molecule has 0 saturated carbocycles. The minimum atomic E-state index is 0.0310. The number of benzene rings is 1. The van der Waals surface area contributed by atoms with Crippen molar-refractivity contribution in [1.82, 2.24) is 9.88 Å². The minimum absolute atomic E-state index is 0.0310. The molecule has 1 N–H and O–H groups in total. The molecule has 1 aromatic carbocycles. The van der Waals surface area contributed by atoms with E-state index in [-0.39, 0.29) is 12.5 Å². The zero-order valence-corrected chi connectivity index (χ0v) is 14.0. The summed E-state index contributed by atoms with van der Waals surface area (Å²) in [6.45, 7) is 6.34. The van der Waals surface area contributed by atoms with Crippen LogP contribution in [-0.4, -0.2) is 53.7 Å². The summed E-state index contributed by atoms with van der Waals surface area (Å²) in [5.74, 6) is 0.0310. The van der Waals surface area contributed by atoms with Crippen molar-refractivity contribution >= 4 is 32.6 Å². The third kappa shape index (κ3) is 4.03. The second-order valence-electron chi connectivity index (χ2n) is 5.10. The average Bonchev–Trinajstić information content (AvgIpc) is 2.92. The van der Waals surface area contributed by atoms with Crippen LogP contribution in [0.4, 0.5) is 5.13 Å². The van der Waals surface area contributed by atoms with E-state index < -0.39 is 0 Å². The number of aromatic nitrogens is 1. The number of likely N-dealkylation sites (N-methyl/N-ethyl adjacent to an activating group) is 1. The summed E-state index contributed by atoms with van der Waals surface area (Å²) in [4.78, 5) is 20.9. The van der Waals surface area contributed by atoms with Crippen molar-refractivity contribution in [3.8, 4) is 0 Å². The van der Waals surface area contributed by atoms with E-state index in [0.29, 0.717) is 19.6 Å². The van der Waals surface area contributed by atoms with Crippen LogP contribution in [0.15, 0.2) is 24.3 Å². The van der Waals surface area contributed by atoms with E-state index in [9.17, 15) is 4.79 Å². The number of aliphatic hydroxyl groups is 1. The lowest BCUT2D eigenvalue weighted by Gasteiger charge is -2.24. The Morgan fingerprint density at radius 1 is 1.27 bits per heavy atom. The summed E-state index contributed by atoms with van der Waals surface area (Å²) in [7, 11) is 0. The predicted octanol–water partition coefficient (Wildman–Crippen LogP) is 2.35. The molecule has 1 heterocycles. The molecule has 0 radical (unpaired) electrons. The second-order valence-corrected chi connectivity index (χ2v) is 6.11. The normalized spacial score (nSPS) is 11.3. The SMILES string of the molecule is CCCN(CCO)CC(=O)N(CC)c1nc2ccccc2s1. The van der Waals surface area contributed by atoms with E-state index in [0.717, 1.165) is 28.3 Å². The maximum atomic E-state index is 12.6. The van der Waals surface area contributed by atoms with Crippen LogP contribution < -0.4 is 4.90 Å². The number of nitrogens with zero attached hydrogens (tertiary/aromatic N) is 3. The van der Waals surface area contributed by atoms with Crippen molar-refractivity contribution < 1.29 is 9.90 Å². The Kier molecular flexibility index (Phi) is 6.30. The number of anilines is 1. The Hall–Kier alpha value is -1.50. The van der Waals surface area contributed by atoms with Crippen molar-refractivity contribution in [2.45, 2.75) is 20.3 Å². The van der Waals surface area contributed by atoms with E-state index in [4.69, 9.17) is 5.11 Å². The molecular formula is C16H23N3O2S.